The molecule has 2 N–H and O–H groups in total. The number of nitrogens with zero attached hydrogens (tertiary/aromatic N) is 1. The van der Waals surface area contributed by atoms with Crippen LogP contribution in [0.1, 0.15) is 37.0 Å². The molecule has 0 saturated carbocycles. The van der Waals surface area contributed by atoms with E-state index < -0.39 is 0 Å². The van der Waals surface area contributed by atoms with E-state index >= 15 is 0 Å². The molecule has 2 amide bonds. The Morgan fingerprint density at radius 2 is 2.00 bits per heavy atom. The summed E-state index contributed by atoms with van der Waals surface area (Å²) in [6, 6.07) is 5.37. The van der Waals surface area contributed by atoms with Crippen LogP contribution in [0.25, 0.3) is 0 Å². The van der Waals surface area contributed by atoms with E-state index in [-0.39, 0.29) is 35.8 Å². The zero-order valence-electron chi connectivity index (χ0n) is 19.0. The number of ether oxygens (including phenoxy) is 3. The molecule has 2 heterocycles. The van der Waals surface area contributed by atoms with Gasteiger partial charge in [-0.15, -0.1) is 0 Å². The summed E-state index contributed by atoms with van der Waals surface area (Å²) >= 11 is 0. The van der Waals surface area contributed by atoms with Gasteiger partial charge in [0.2, 0.25) is 5.91 Å². The largest absolute Gasteiger partial charge is 0.491 e. The Bertz CT molecular complexity index is 766. The average Bonchev–Trinajstić information content (AvgIpc) is 2.79. The van der Waals surface area contributed by atoms with Gasteiger partial charge in [-0.2, -0.15) is 0 Å². The summed E-state index contributed by atoms with van der Waals surface area (Å²) in [6.45, 7) is 7.03. The summed E-state index contributed by atoms with van der Waals surface area (Å²) in [5.41, 5.74) is 1.03. The van der Waals surface area contributed by atoms with Crippen LogP contribution in [0.2, 0.25) is 0 Å². The molecular weight excluding hydrogens is 398 g/mol. The second-order valence-electron chi connectivity index (χ2n) is 8.64. The van der Waals surface area contributed by atoms with Crippen molar-refractivity contribution in [2.75, 3.05) is 52.4 Å². The highest BCUT2D eigenvalue weighted by Gasteiger charge is 2.26. The number of amides is 2. The molecule has 0 aliphatic carbocycles. The molecule has 8 heteroatoms. The number of rotatable bonds is 3. The highest BCUT2D eigenvalue weighted by atomic mass is 16.5. The van der Waals surface area contributed by atoms with Crippen LogP contribution >= 0.6 is 0 Å². The van der Waals surface area contributed by atoms with Gasteiger partial charge in [0, 0.05) is 58.1 Å². The Labute approximate surface area is 184 Å². The molecule has 8 nitrogen and oxygen atoms in total. The molecule has 1 aromatic carbocycles. The van der Waals surface area contributed by atoms with Crippen molar-refractivity contribution in [1.29, 1.82) is 0 Å². The third-order valence-corrected chi connectivity index (χ3v) is 6.08. The van der Waals surface area contributed by atoms with Gasteiger partial charge >= 0.3 is 0 Å². The van der Waals surface area contributed by atoms with Crippen molar-refractivity contribution in [3.8, 4) is 5.75 Å². The molecule has 1 aromatic rings. The van der Waals surface area contributed by atoms with Gasteiger partial charge in [0.05, 0.1) is 11.7 Å². The van der Waals surface area contributed by atoms with Gasteiger partial charge in [-0.05, 0) is 43.9 Å². The van der Waals surface area contributed by atoms with E-state index in [9.17, 15) is 9.59 Å². The average molecular weight is 434 g/mol. The van der Waals surface area contributed by atoms with E-state index in [1.54, 1.807) is 37.3 Å². The summed E-state index contributed by atoms with van der Waals surface area (Å²) in [7, 11) is 3.44. The van der Waals surface area contributed by atoms with Crippen LogP contribution in [-0.2, 0) is 14.3 Å². The lowest BCUT2D eigenvalue weighted by Crippen LogP contribution is -2.44. The molecule has 2 aliphatic heterocycles. The zero-order valence-corrected chi connectivity index (χ0v) is 19.0. The fourth-order valence-corrected chi connectivity index (χ4v) is 3.94. The number of fused-ring (bicyclic) bond motifs is 1. The zero-order chi connectivity index (χ0) is 22.4. The quantitative estimate of drug-likeness (QED) is 0.759. The van der Waals surface area contributed by atoms with Crippen molar-refractivity contribution in [1.82, 2.24) is 10.2 Å². The van der Waals surface area contributed by atoms with Crippen molar-refractivity contribution in [3.63, 3.8) is 0 Å². The predicted octanol–water partition coefficient (Wildman–Crippen LogP) is 2.15. The highest BCUT2D eigenvalue weighted by Crippen LogP contribution is 2.26. The number of benzene rings is 1. The van der Waals surface area contributed by atoms with E-state index in [0.29, 0.717) is 56.2 Å². The normalized spacial score (nSPS) is 26.3. The van der Waals surface area contributed by atoms with E-state index in [1.165, 1.54) is 0 Å². The maximum absolute atomic E-state index is 13.3. The smallest absolute Gasteiger partial charge is 0.257 e. The van der Waals surface area contributed by atoms with Crippen LogP contribution in [-0.4, -0.2) is 75.9 Å². The number of hydrogen-bond acceptors (Lipinski definition) is 6. The summed E-state index contributed by atoms with van der Waals surface area (Å²) < 4.78 is 17.0. The minimum absolute atomic E-state index is 0.0378. The molecule has 2 aliphatic rings. The van der Waals surface area contributed by atoms with Gasteiger partial charge in [-0.25, -0.2) is 0 Å². The van der Waals surface area contributed by atoms with Crippen LogP contribution in [0.5, 0.6) is 5.75 Å². The third-order valence-electron chi connectivity index (χ3n) is 6.08. The Hall–Kier alpha value is -2.16. The van der Waals surface area contributed by atoms with E-state index in [2.05, 4.69) is 24.5 Å². The number of carbonyl (C=O) groups excluding carboxylic acids is 2. The van der Waals surface area contributed by atoms with Gasteiger partial charge in [0.25, 0.3) is 5.91 Å². The first kappa shape index (κ1) is 23.5. The SMILES string of the molecule is CO[C@H]1CN(C)C(=O)c2cc(NC(=O)C3CCOCC3)ccc2OC[C@@H](C)NC[C@@H]1C. The first-order chi connectivity index (χ1) is 14.9. The summed E-state index contributed by atoms with van der Waals surface area (Å²) in [4.78, 5) is 27.6. The molecule has 0 unspecified atom stereocenters. The number of nitrogens with one attached hydrogen (secondary N) is 2. The minimum Gasteiger partial charge on any atom is -0.491 e. The van der Waals surface area contributed by atoms with Crippen LogP contribution in [0.15, 0.2) is 18.2 Å². The fraction of sp³-hybridized carbons (Fsp3) is 0.652. The molecule has 0 spiro atoms. The Kier molecular flexibility index (Phi) is 8.28. The van der Waals surface area contributed by atoms with Crippen molar-refractivity contribution >= 4 is 17.5 Å². The maximum atomic E-state index is 13.3. The number of likely N-dealkylation sites (N-methyl/N-ethyl adjacent to an activating group) is 1. The van der Waals surface area contributed by atoms with Crippen molar-refractivity contribution in [2.24, 2.45) is 11.8 Å². The standard InChI is InChI=1S/C23H35N3O5/c1-15-12-24-16(2)14-31-20-6-5-18(25-22(27)17-7-9-30-10-8-17)11-19(20)23(28)26(3)13-21(15)29-4/h5-6,11,15-17,21,24H,7-10,12-14H2,1-4H3,(H,25,27)/t15-,16+,21-/m0/s1. The lowest BCUT2D eigenvalue weighted by Gasteiger charge is -2.30. The van der Waals surface area contributed by atoms with Gasteiger partial charge < -0.3 is 29.7 Å². The van der Waals surface area contributed by atoms with E-state index in [0.717, 1.165) is 6.54 Å². The lowest BCUT2D eigenvalue weighted by molar-refractivity contribution is -0.122. The van der Waals surface area contributed by atoms with Crippen molar-refractivity contribution < 1.29 is 23.8 Å². The van der Waals surface area contributed by atoms with Crippen molar-refractivity contribution in [2.45, 2.75) is 38.8 Å². The Morgan fingerprint density at radius 3 is 2.71 bits per heavy atom. The summed E-state index contributed by atoms with van der Waals surface area (Å²) in [5.74, 6) is 0.473. The van der Waals surface area contributed by atoms with Crippen LogP contribution in [0.3, 0.4) is 0 Å². The number of carbonyl (C=O) groups is 2. The van der Waals surface area contributed by atoms with Crippen LogP contribution in [0.4, 0.5) is 5.69 Å². The monoisotopic (exact) mass is 433 g/mol. The summed E-state index contributed by atoms with van der Waals surface area (Å²) in [6.07, 6.45) is 1.33. The van der Waals surface area contributed by atoms with Crippen LogP contribution in [0, 0.1) is 11.8 Å². The fourth-order valence-electron chi connectivity index (χ4n) is 3.94. The maximum Gasteiger partial charge on any atom is 0.257 e. The molecule has 31 heavy (non-hydrogen) atoms. The minimum atomic E-state index is -0.160. The molecule has 172 valence electrons. The van der Waals surface area contributed by atoms with Crippen LogP contribution < -0.4 is 15.4 Å². The van der Waals surface area contributed by atoms with Gasteiger partial charge in [0.1, 0.15) is 12.4 Å². The van der Waals surface area contributed by atoms with E-state index in [4.69, 9.17) is 14.2 Å². The summed E-state index contributed by atoms with van der Waals surface area (Å²) in [5, 5.41) is 6.43. The molecular formula is C23H35N3O5. The molecule has 0 aromatic heterocycles. The van der Waals surface area contributed by atoms with E-state index in [1.807, 2.05) is 0 Å². The Balaban J connectivity index is 1.83. The number of anilines is 1. The Morgan fingerprint density at radius 1 is 1.26 bits per heavy atom. The first-order valence-corrected chi connectivity index (χ1v) is 11.1. The predicted molar refractivity (Wildman–Crippen MR) is 118 cm³/mol. The highest BCUT2D eigenvalue weighted by molar-refractivity contribution is 5.99. The van der Waals surface area contributed by atoms with Gasteiger partial charge in [0.15, 0.2) is 0 Å². The molecule has 1 saturated heterocycles. The number of hydrogen-bond donors (Lipinski definition) is 2. The molecule has 3 rings (SSSR count). The lowest BCUT2D eigenvalue weighted by atomic mass is 9.99. The number of methoxy groups -OCH3 is 1. The first-order valence-electron chi connectivity index (χ1n) is 11.1. The molecule has 0 bridgehead atoms. The third kappa shape index (κ3) is 6.18. The van der Waals surface area contributed by atoms with Gasteiger partial charge in [-0.3, -0.25) is 9.59 Å². The second-order valence-corrected chi connectivity index (χ2v) is 8.64. The molecule has 1 fully saturated rings. The second kappa shape index (κ2) is 10.9. The molecule has 0 radical (unpaired) electrons. The molecule has 3 atom stereocenters. The topological polar surface area (TPSA) is 89.1 Å². The van der Waals surface area contributed by atoms with Gasteiger partial charge in [-0.1, -0.05) is 6.92 Å². The van der Waals surface area contributed by atoms with Crippen molar-refractivity contribution in [3.05, 3.63) is 23.8 Å².